The fourth-order valence-electron chi connectivity index (χ4n) is 4.03. The van der Waals surface area contributed by atoms with Crippen LogP contribution in [0.1, 0.15) is 42.1 Å². The molecule has 1 spiro atoms. The van der Waals surface area contributed by atoms with Gasteiger partial charge in [-0.3, -0.25) is 19.4 Å². The van der Waals surface area contributed by atoms with Gasteiger partial charge in [-0.2, -0.15) is 0 Å². The molecule has 8 nitrogen and oxygen atoms in total. The van der Waals surface area contributed by atoms with Crippen molar-refractivity contribution in [2.45, 2.75) is 44.4 Å². The third kappa shape index (κ3) is 3.98. The Bertz CT molecular complexity index is 964. The Hall–Kier alpha value is -3.42. The van der Waals surface area contributed by atoms with E-state index in [4.69, 9.17) is 0 Å². The molecule has 3 amide bonds. The predicted molar refractivity (Wildman–Crippen MR) is 111 cm³/mol. The average molecular weight is 407 g/mol. The number of carbonyl (C=O) groups is 3. The lowest BCUT2D eigenvalue weighted by Gasteiger charge is -2.40. The van der Waals surface area contributed by atoms with E-state index in [1.165, 1.54) is 0 Å². The van der Waals surface area contributed by atoms with Crippen molar-refractivity contribution in [3.8, 4) is 0 Å². The number of nitrogens with zero attached hydrogens (tertiary/aromatic N) is 2. The van der Waals surface area contributed by atoms with E-state index in [0.29, 0.717) is 31.5 Å². The minimum atomic E-state index is -0.691. The number of hydrogen-bond acceptors (Lipinski definition) is 5. The zero-order valence-electron chi connectivity index (χ0n) is 16.9. The summed E-state index contributed by atoms with van der Waals surface area (Å²) < 4.78 is 0. The number of carbonyl (C=O) groups excluding carboxylic acids is 3. The first-order valence-corrected chi connectivity index (χ1v) is 10.1. The number of anilines is 1. The molecule has 2 aromatic rings. The summed E-state index contributed by atoms with van der Waals surface area (Å²) in [6, 6.07) is 10.4. The van der Waals surface area contributed by atoms with Gasteiger partial charge in [-0.1, -0.05) is 12.1 Å². The van der Waals surface area contributed by atoms with Crippen LogP contribution in [0, 0.1) is 0 Å². The maximum atomic E-state index is 12.8. The Labute approximate surface area is 175 Å². The van der Waals surface area contributed by atoms with Crippen LogP contribution in [0.2, 0.25) is 0 Å². The molecule has 156 valence electrons. The average Bonchev–Trinajstić information content (AvgIpc) is 2.91. The van der Waals surface area contributed by atoms with E-state index in [1.807, 2.05) is 30.3 Å². The Morgan fingerprint density at radius 3 is 2.73 bits per heavy atom. The number of nitrogens with one attached hydrogen (secondary N) is 3. The Kier molecular flexibility index (Phi) is 5.39. The van der Waals surface area contributed by atoms with E-state index in [9.17, 15) is 14.4 Å². The Morgan fingerprint density at radius 1 is 1.17 bits per heavy atom. The molecule has 3 N–H and O–H groups in total. The summed E-state index contributed by atoms with van der Waals surface area (Å²) in [5, 5.41) is 9.35. The van der Waals surface area contributed by atoms with Crippen molar-refractivity contribution >= 4 is 23.4 Å². The van der Waals surface area contributed by atoms with Crippen LogP contribution in [0.3, 0.4) is 0 Å². The first-order chi connectivity index (χ1) is 14.5. The molecule has 4 rings (SSSR count). The molecule has 2 unspecified atom stereocenters. The van der Waals surface area contributed by atoms with Gasteiger partial charge >= 0.3 is 0 Å². The van der Waals surface area contributed by atoms with Crippen LogP contribution in [-0.2, 0) is 16.1 Å². The number of likely N-dealkylation sites (tertiary alicyclic amines) is 1. The zero-order valence-corrected chi connectivity index (χ0v) is 16.9. The number of hydrogen-bond donors (Lipinski definition) is 3. The standard InChI is InChI=1S/C22H25N5O3/c1-15(20(29)24-14-16-7-11-23-12-8-16)27-13-10-22(9-6-19(27)28)25-18-5-3-2-4-17(18)21(30)26-22/h2-5,7-8,11-12,15,25H,6,9-10,13-14H2,1H3,(H,24,29)(H,26,30). The van der Waals surface area contributed by atoms with Gasteiger partial charge in [-0.15, -0.1) is 0 Å². The van der Waals surface area contributed by atoms with Crippen LogP contribution < -0.4 is 16.0 Å². The first kappa shape index (κ1) is 19.9. The lowest BCUT2D eigenvalue weighted by atomic mass is 9.95. The van der Waals surface area contributed by atoms with Crippen molar-refractivity contribution in [3.63, 3.8) is 0 Å². The lowest BCUT2D eigenvalue weighted by Crippen LogP contribution is -2.58. The number of amides is 3. The summed E-state index contributed by atoms with van der Waals surface area (Å²) in [5.41, 5.74) is 1.62. The second kappa shape index (κ2) is 8.14. The second-order valence-corrected chi connectivity index (χ2v) is 7.79. The molecule has 0 bridgehead atoms. The minimum Gasteiger partial charge on any atom is -0.362 e. The van der Waals surface area contributed by atoms with Crippen molar-refractivity contribution in [1.29, 1.82) is 0 Å². The highest BCUT2D eigenvalue weighted by Gasteiger charge is 2.41. The number of aromatic nitrogens is 1. The van der Waals surface area contributed by atoms with Crippen molar-refractivity contribution in [2.75, 3.05) is 11.9 Å². The topological polar surface area (TPSA) is 103 Å². The molecule has 3 heterocycles. The lowest BCUT2D eigenvalue weighted by molar-refractivity contribution is -0.139. The monoisotopic (exact) mass is 407 g/mol. The SMILES string of the molecule is CC(C(=O)NCc1ccncc1)N1CCC2(CCC1=O)NC(=O)c1ccccc1N2. The number of rotatable bonds is 4. The summed E-state index contributed by atoms with van der Waals surface area (Å²) in [6.07, 6.45) is 4.57. The highest BCUT2D eigenvalue weighted by molar-refractivity contribution is 6.02. The predicted octanol–water partition coefficient (Wildman–Crippen LogP) is 1.65. The van der Waals surface area contributed by atoms with Gasteiger partial charge in [0.15, 0.2) is 0 Å². The van der Waals surface area contributed by atoms with Gasteiger partial charge in [0, 0.05) is 44.0 Å². The van der Waals surface area contributed by atoms with Crippen molar-refractivity contribution in [3.05, 3.63) is 59.9 Å². The third-order valence-corrected chi connectivity index (χ3v) is 5.83. The molecule has 0 saturated carbocycles. The summed E-state index contributed by atoms with van der Waals surface area (Å²) in [6.45, 7) is 2.49. The van der Waals surface area contributed by atoms with E-state index in [-0.39, 0.29) is 24.1 Å². The van der Waals surface area contributed by atoms with E-state index in [1.54, 1.807) is 30.3 Å². The maximum Gasteiger partial charge on any atom is 0.255 e. The normalized spacial score (nSPS) is 21.8. The number of fused-ring (bicyclic) bond motifs is 1. The quantitative estimate of drug-likeness (QED) is 0.715. The van der Waals surface area contributed by atoms with Gasteiger partial charge in [-0.25, -0.2) is 0 Å². The third-order valence-electron chi connectivity index (χ3n) is 5.83. The van der Waals surface area contributed by atoms with Gasteiger partial charge in [0.1, 0.15) is 11.7 Å². The van der Waals surface area contributed by atoms with Crippen molar-refractivity contribution in [2.24, 2.45) is 0 Å². The number of pyridine rings is 1. The number of benzene rings is 1. The fourth-order valence-corrected chi connectivity index (χ4v) is 4.03. The van der Waals surface area contributed by atoms with Crippen LogP contribution in [0.25, 0.3) is 0 Å². The van der Waals surface area contributed by atoms with E-state index in [2.05, 4.69) is 20.9 Å². The summed E-state index contributed by atoms with van der Waals surface area (Å²) in [5.74, 6) is -0.441. The highest BCUT2D eigenvalue weighted by Crippen LogP contribution is 2.32. The molecule has 1 fully saturated rings. The molecule has 2 aliphatic rings. The molecule has 8 heteroatoms. The van der Waals surface area contributed by atoms with Crippen LogP contribution in [0.5, 0.6) is 0 Å². The van der Waals surface area contributed by atoms with Gasteiger partial charge in [0.05, 0.1) is 5.56 Å². The molecule has 0 radical (unpaired) electrons. The molecule has 30 heavy (non-hydrogen) atoms. The molecular formula is C22H25N5O3. The summed E-state index contributed by atoms with van der Waals surface area (Å²) in [7, 11) is 0. The van der Waals surface area contributed by atoms with E-state index < -0.39 is 11.7 Å². The second-order valence-electron chi connectivity index (χ2n) is 7.79. The smallest absolute Gasteiger partial charge is 0.255 e. The highest BCUT2D eigenvalue weighted by atomic mass is 16.2. The van der Waals surface area contributed by atoms with E-state index in [0.717, 1.165) is 11.3 Å². The molecule has 0 aliphatic carbocycles. The van der Waals surface area contributed by atoms with E-state index >= 15 is 0 Å². The molecule has 2 aliphatic heterocycles. The Balaban J connectivity index is 1.42. The maximum absolute atomic E-state index is 12.8. The van der Waals surface area contributed by atoms with Gasteiger partial charge in [0.25, 0.3) is 5.91 Å². The molecule has 1 saturated heterocycles. The number of para-hydroxylation sites is 1. The van der Waals surface area contributed by atoms with Crippen LogP contribution in [0.15, 0.2) is 48.8 Å². The zero-order chi connectivity index (χ0) is 21.1. The molecular weight excluding hydrogens is 382 g/mol. The van der Waals surface area contributed by atoms with Crippen molar-refractivity contribution in [1.82, 2.24) is 20.5 Å². The van der Waals surface area contributed by atoms with Gasteiger partial charge in [0.2, 0.25) is 11.8 Å². The van der Waals surface area contributed by atoms with Crippen LogP contribution in [-0.4, -0.2) is 45.9 Å². The van der Waals surface area contributed by atoms with Gasteiger partial charge < -0.3 is 20.9 Å². The summed E-state index contributed by atoms with van der Waals surface area (Å²) in [4.78, 5) is 43.6. The Morgan fingerprint density at radius 2 is 1.93 bits per heavy atom. The van der Waals surface area contributed by atoms with Crippen LogP contribution in [0.4, 0.5) is 5.69 Å². The molecule has 1 aromatic heterocycles. The van der Waals surface area contributed by atoms with Crippen molar-refractivity contribution < 1.29 is 14.4 Å². The van der Waals surface area contributed by atoms with Crippen LogP contribution >= 0.6 is 0 Å². The minimum absolute atomic E-state index is 0.0895. The largest absolute Gasteiger partial charge is 0.362 e. The van der Waals surface area contributed by atoms with Gasteiger partial charge in [-0.05, 0) is 43.2 Å². The summed E-state index contributed by atoms with van der Waals surface area (Å²) >= 11 is 0. The molecule has 2 atom stereocenters. The fraction of sp³-hybridized carbons (Fsp3) is 0.364. The first-order valence-electron chi connectivity index (χ1n) is 10.1. The molecule has 1 aromatic carbocycles.